The van der Waals surface area contributed by atoms with Crippen LogP contribution < -0.4 is 0 Å². The number of hydrogen-bond donors (Lipinski definition) is 1. The van der Waals surface area contributed by atoms with Gasteiger partial charge in [0.15, 0.2) is 5.76 Å². The molecule has 0 fully saturated rings. The molecule has 0 amide bonds. The Morgan fingerprint density at radius 3 is 2.38 bits per heavy atom. The summed E-state index contributed by atoms with van der Waals surface area (Å²) >= 11 is 0. The molecule has 3 aromatic rings. The van der Waals surface area contributed by atoms with Gasteiger partial charge in [-0.15, -0.1) is 0 Å². The number of halogens is 1. The molecular weight excluding hydrogens is 269 g/mol. The molecule has 0 unspecified atom stereocenters. The maximum absolute atomic E-state index is 13.9. The maximum atomic E-state index is 13.9. The summed E-state index contributed by atoms with van der Waals surface area (Å²) in [5.74, 6) is 0.0886. The SMILES string of the molecule is Cc1ccccc1-c1onc(-c2ccccc2F)c1CO. The number of rotatable bonds is 3. The molecule has 0 atom stereocenters. The number of hydrogen-bond acceptors (Lipinski definition) is 3. The number of aliphatic hydroxyl groups is 1. The van der Waals surface area contributed by atoms with E-state index in [1.807, 2.05) is 31.2 Å². The first kappa shape index (κ1) is 13.5. The second kappa shape index (κ2) is 5.50. The first-order valence-electron chi connectivity index (χ1n) is 6.62. The Labute approximate surface area is 121 Å². The highest BCUT2D eigenvalue weighted by molar-refractivity contribution is 5.74. The van der Waals surface area contributed by atoms with Crippen LogP contribution in [0.5, 0.6) is 0 Å². The molecule has 0 saturated heterocycles. The Kier molecular flexibility index (Phi) is 3.54. The quantitative estimate of drug-likeness (QED) is 0.791. The second-order valence-corrected chi connectivity index (χ2v) is 4.79. The molecule has 0 saturated carbocycles. The van der Waals surface area contributed by atoms with Crippen molar-refractivity contribution in [2.45, 2.75) is 13.5 Å². The number of aryl methyl sites for hydroxylation is 1. The Morgan fingerprint density at radius 1 is 1.05 bits per heavy atom. The number of aliphatic hydroxyl groups excluding tert-OH is 1. The average molecular weight is 283 g/mol. The van der Waals surface area contributed by atoms with Crippen LogP contribution >= 0.6 is 0 Å². The normalized spacial score (nSPS) is 10.8. The molecule has 4 heteroatoms. The molecule has 0 bridgehead atoms. The first-order valence-corrected chi connectivity index (χ1v) is 6.62. The van der Waals surface area contributed by atoms with Gasteiger partial charge in [-0.25, -0.2) is 4.39 Å². The molecule has 3 rings (SSSR count). The van der Waals surface area contributed by atoms with Crippen molar-refractivity contribution in [2.75, 3.05) is 0 Å². The third kappa shape index (κ3) is 2.34. The van der Waals surface area contributed by atoms with Crippen molar-refractivity contribution in [3.05, 3.63) is 65.5 Å². The van der Waals surface area contributed by atoms with Gasteiger partial charge in [-0.05, 0) is 24.6 Å². The van der Waals surface area contributed by atoms with Crippen LogP contribution in [0.4, 0.5) is 4.39 Å². The zero-order valence-corrected chi connectivity index (χ0v) is 11.5. The van der Waals surface area contributed by atoms with Crippen molar-refractivity contribution in [1.29, 1.82) is 0 Å². The molecule has 0 aliphatic rings. The Bertz CT molecular complexity index is 717. The fourth-order valence-corrected chi connectivity index (χ4v) is 2.36. The number of aromatic nitrogens is 1. The van der Waals surface area contributed by atoms with Crippen LogP contribution in [0, 0.1) is 12.7 Å². The lowest BCUT2D eigenvalue weighted by molar-refractivity contribution is 0.281. The summed E-state index contributed by atoms with van der Waals surface area (Å²) < 4.78 is 19.3. The molecule has 0 aliphatic carbocycles. The van der Waals surface area contributed by atoms with E-state index in [9.17, 15) is 9.50 Å². The summed E-state index contributed by atoms with van der Waals surface area (Å²) in [6, 6.07) is 14.0. The van der Waals surface area contributed by atoms with Crippen molar-refractivity contribution in [3.63, 3.8) is 0 Å². The summed E-state index contributed by atoms with van der Waals surface area (Å²) in [6.45, 7) is 1.68. The molecule has 3 nitrogen and oxygen atoms in total. The lowest BCUT2D eigenvalue weighted by atomic mass is 10.00. The van der Waals surface area contributed by atoms with Gasteiger partial charge < -0.3 is 9.63 Å². The van der Waals surface area contributed by atoms with Gasteiger partial charge in [0.25, 0.3) is 0 Å². The molecule has 0 radical (unpaired) electrons. The van der Waals surface area contributed by atoms with Gasteiger partial charge in [0, 0.05) is 11.1 Å². The molecular formula is C17H14FNO2. The smallest absolute Gasteiger partial charge is 0.173 e. The van der Waals surface area contributed by atoms with E-state index in [1.165, 1.54) is 6.07 Å². The van der Waals surface area contributed by atoms with E-state index in [0.717, 1.165) is 11.1 Å². The highest BCUT2D eigenvalue weighted by Gasteiger charge is 2.21. The zero-order chi connectivity index (χ0) is 14.8. The molecule has 0 aliphatic heterocycles. The van der Waals surface area contributed by atoms with Crippen LogP contribution in [-0.4, -0.2) is 10.3 Å². The molecule has 21 heavy (non-hydrogen) atoms. The third-order valence-corrected chi connectivity index (χ3v) is 3.46. The Hall–Kier alpha value is -2.46. The monoisotopic (exact) mass is 283 g/mol. The van der Waals surface area contributed by atoms with E-state index < -0.39 is 5.82 Å². The summed E-state index contributed by atoms with van der Waals surface area (Å²) in [4.78, 5) is 0. The van der Waals surface area contributed by atoms with Gasteiger partial charge in [0.05, 0.1) is 12.2 Å². The van der Waals surface area contributed by atoms with Crippen LogP contribution in [0.15, 0.2) is 53.1 Å². The van der Waals surface area contributed by atoms with Gasteiger partial charge in [-0.2, -0.15) is 0 Å². The minimum absolute atomic E-state index is 0.267. The Morgan fingerprint density at radius 2 is 1.71 bits per heavy atom. The second-order valence-electron chi connectivity index (χ2n) is 4.79. The van der Waals surface area contributed by atoms with Gasteiger partial charge in [0.2, 0.25) is 0 Å². The Balaban J connectivity index is 2.19. The summed E-state index contributed by atoms with van der Waals surface area (Å²) in [7, 11) is 0. The van der Waals surface area contributed by atoms with E-state index in [0.29, 0.717) is 22.6 Å². The minimum atomic E-state index is -0.392. The largest absolute Gasteiger partial charge is 0.391 e. The first-order chi connectivity index (χ1) is 10.2. The van der Waals surface area contributed by atoms with Crippen molar-refractivity contribution < 1.29 is 14.0 Å². The van der Waals surface area contributed by atoms with E-state index in [1.54, 1.807) is 18.2 Å². The highest BCUT2D eigenvalue weighted by Crippen LogP contribution is 2.34. The van der Waals surface area contributed by atoms with Crippen LogP contribution in [-0.2, 0) is 6.61 Å². The predicted octanol–water partition coefficient (Wildman–Crippen LogP) is 3.95. The fraction of sp³-hybridized carbons (Fsp3) is 0.118. The van der Waals surface area contributed by atoms with Crippen LogP contribution in [0.25, 0.3) is 22.6 Å². The summed E-state index contributed by atoms with van der Waals surface area (Å²) in [5, 5.41) is 13.6. The average Bonchev–Trinajstić information content (AvgIpc) is 2.91. The van der Waals surface area contributed by atoms with Crippen molar-refractivity contribution in [3.8, 4) is 22.6 Å². The van der Waals surface area contributed by atoms with E-state index in [2.05, 4.69) is 5.16 Å². The summed E-state index contributed by atoms with van der Waals surface area (Å²) in [5.41, 5.74) is 3.01. The minimum Gasteiger partial charge on any atom is -0.391 e. The lowest BCUT2D eigenvalue weighted by Gasteiger charge is -2.04. The van der Waals surface area contributed by atoms with Crippen molar-refractivity contribution in [1.82, 2.24) is 5.16 Å². The van der Waals surface area contributed by atoms with E-state index in [4.69, 9.17) is 4.52 Å². The number of nitrogens with zero attached hydrogens (tertiary/aromatic N) is 1. The van der Waals surface area contributed by atoms with Gasteiger partial charge in [-0.1, -0.05) is 41.6 Å². The fourth-order valence-electron chi connectivity index (χ4n) is 2.36. The molecule has 1 heterocycles. The highest BCUT2D eigenvalue weighted by atomic mass is 19.1. The van der Waals surface area contributed by atoms with Crippen molar-refractivity contribution >= 4 is 0 Å². The standard InChI is InChI=1S/C17H14FNO2/c1-11-6-2-3-7-12(11)17-14(10-20)16(19-21-17)13-8-4-5-9-15(13)18/h2-9,20H,10H2,1H3. The predicted molar refractivity (Wildman–Crippen MR) is 78.0 cm³/mol. The zero-order valence-electron chi connectivity index (χ0n) is 11.5. The van der Waals surface area contributed by atoms with Crippen molar-refractivity contribution in [2.24, 2.45) is 0 Å². The van der Waals surface area contributed by atoms with Gasteiger partial charge >= 0.3 is 0 Å². The molecule has 0 spiro atoms. The maximum Gasteiger partial charge on any atom is 0.173 e. The van der Waals surface area contributed by atoms with Crippen LogP contribution in [0.1, 0.15) is 11.1 Å². The topological polar surface area (TPSA) is 46.3 Å². The van der Waals surface area contributed by atoms with Crippen LogP contribution in [0.2, 0.25) is 0 Å². The molecule has 2 aromatic carbocycles. The van der Waals surface area contributed by atoms with Gasteiger partial charge in [0.1, 0.15) is 11.5 Å². The molecule has 106 valence electrons. The lowest BCUT2D eigenvalue weighted by Crippen LogP contribution is -1.92. The van der Waals surface area contributed by atoms with E-state index in [-0.39, 0.29) is 6.61 Å². The van der Waals surface area contributed by atoms with Crippen LogP contribution in [0.3, 0.4) is 0 Å². The van der Waals surface area contributed by atoms with Gasteiger partial charge in [-0.3, -0.25) is 0 Å². The molecule has 1 N–H and O–H groups in total. The molecule has 1 aromatic heterocycles. The summed E-state index contributed by atoms with van der Waals surface area (Å²) in [6.07, 6.45) is 0. The third-order valence-electron chi connectivity index (χ3n) is 3.46. The number of benzene rings is 2. The van der Waals surface area contributed by atoms with E-state index >= 15 is 0 Å².